The number of primary amides is 1. The molecule has 3 aromatic rings. The van der Waals surface area contributed by atoms with Gasteiger partial charge in [-0.1, -0.05) is 0 Å². The first-order valence-electron chi connectivity index (χ1n) is 9.26. The fourth-order valence-electron chi connectivity index (χ4n) is 2.90. The van der Waals surface area contributed by atoms with Crippen LogP contribution in [0, 0.1) is 5.82 Å². The number of fused-ring (bicyclic) bond motifs is 1. The Kier molecular flexibility index (Phi) is 6.45. The number of hydrogen-bond donors (Lipinski definition) is 2. The number of amides is 1. The third-order valence-electron chi connectivity index (χ3n) is 4.39. The quantitative estimate of drug-likeness (QED) is 0.579. The maximum absolute atomic E-state index is 13.8. The van der Waals surface area contributed by atoms with Gasteiger partial charge in [0, 0.05) is 25.6 Å². The van der Waals surface area contributed by atoms with Crippen LogP contribution in [0.1, 0.15) is 18.9 Å². The van der Waals surface area contributed by atoms with Crippen LogP contribution >= 0.6 is 0 Å². The van der Waals surface area contributed by atoms with Crippen molar-refractivity contribution >= 4 is 22.9 Å². The molecule has 158 valence electrons. The van der Waals surface area contributed by atoms with Crippen LogP contribution in [-0.2, 0) is 11.3 Å². The third-order valence-corrected chi connectivity index (χ3v) is 4.39. The Labute approximate surface area is 171 Å². The van der Waals surface area contributed by atoms with Crippen LogP contribution in [0.25, 0.3) is 11.0 Å². The van der Waals surface area contributed by atoms with Gasteiger partial charge >= 0.3 is 6.09 Å². The molecule has 1 unspecified atom stereocenters. The second-order valence-electron chi connectivity index (χ2n) is 6.76. The number of rotatable bonds is 8. The van der Waals surface area contributed by atoms with Gasteiger partial charge in [0.15, 0.2) is 5.52 Å². The van der Waals surface area contributed by atoms with E-state index in [4.69, 9.17) is 15.2 Å². The van der Waals surface area contributed by atoms with Crippen LogP contribution in [0.2, 0.25) is 0 Å². The summed E-state index contributed by atoms with van der Waals surface area (Å²) in [6.45, 7) is 2.25. The molecular weight excluding hydrogens is 393 g/mol. The Bertz CT molecular complexity index is 1100. The summed E-state index contributed by atoms with van der Waals surface area (Å²) in [6.07, 6.45) is 0.505. The summed E-state index contributed by atoms with van der Waals surface area (Å²) in [4.78, 5) is 35.4. The van der Waals surface area contributed by atoms with E-state index < -0.39 is 18.0 Å². The topological polar surface area (TPSA) is 123 Å². The zero-order valence-corrected chi connectivity index (χ0v) is 16.6. The molecule has 0 spiro atoms. The number of H-pyrrole nitrogens is 1. The molecule has 0 aliphatic heterocycles. The van der Waals surface area contributed by atoms with Crippen LogP contribution in [0.15, 0.2) is 41.5 Å². The van der Waals surface area contributed by atoms with E-state index in [-0.39, 0.29) is 24.2 Å². The first-order chi connectivity index (χ1) is 14.3. The van der Waals surface area contributed by atoms with Crippen molar-refractivity contribution in [3.63, 3.8) is 0 Å². The average molecular weight is 415 g/mol. The van der Waals surface area contributed by atoms with Crippen LogP contribution in [0.3, 0.4) is 0 Å². The molecule has 2 heterocycles. The van der Waals surface area contributed by atoms with Gasteiger partial charge in [-0.25, -0.2) is 19.2 Å². The molecule has 0 saturated carbocycles. The monoisotopic (exact) mass is 415 g/mol. The standard InChI is InChI=1S/C20H22FN5O4/c1-12(30-20(22)28)7-8-29-16-5-3-14(21)9-13(16)10-26(2)17-6-4-15-18(25-17)19(27)24-11-23-15/h3-6,9,11-12H,7-8,10H2,1-2H3,(H2,22,28)(H,23,24,27). The van der Waals surface area contributed by atoms with E-state index in [2.05, 4.69) is 15.0 Å². The molecule has 0 radical (unpaired) electrons. The summed E-state index contributed by atoms with van der Waals surface area (Å²) < 4.78 is 24.5. The molecule has 1 aromatic carbocycles. The van der Waals surface area contributed by atoms with E-state index in [0.717, 1.165) is 0 Å². The summed E-state index contributed by atoms with van der Waals surface area (Å²) in [5.74, 6) is 0.623. The van der Waals surface area contributed by atoms with E-state index in [0.29, 0.717) is 29.1 Å². The Morgan fingerprint density at radius 3 is 2.90 bits per heavy atom. The lowest BCUT2D eigenvalue weighted by Gasteiger charge is -2.21. The molecule has 0 aliphatic carbocycles. The average Bonchev–Trinajstić information content (AvgIpc) is 2.69. The SMILES string of the molecule is CC(CCOc1ccc(F)cc1CN(C)c1ccc2nc[nH]c(=O)c2n1)OC(N)=O. The van der Waals surface area contributed by atoms with Gasteiger partial charge in [0.05, 0.1) is 18.5 Å². The number of halogens is 1. The highest BCUT2D eigenvalue weighted by Crippen LogP contribution is 2.24. The van der Waals surface area contributed by atoms with Crippen molar-refractivity contribution in [1.29, 1.82) is 0 Å². The van der Waals surface area contributed by atoms with Gasteiger partial charge in [-0.3, -0.25) is 4.79 Å². The number of benzene rings is 1. The zero-order valence-electron chi connectivity index (χ0n) is 16.6. The largest absolute Gasteiger partial charge is 0.493 e. The second kappa shape index (κ2) is 9.21. The van der Waals surface area contributed by atoms with Crippen molar-refractivity contribution in [1.82, 2.24) is 15.0 Å². The number of pyridine rings is 1. The minimum Gasteiger partial charge on any atom is -0.493 e. The van der Waals surface area contributed by atoms with E-state index in [9.17, 15) is 14.0 Å². The van der Waals surface area contributed by atoms with Gasteiger partial charge in [-0.2, -0.15) is 0 Å². The van der Waals surface area contributed by atoms with Gasteiger partial charge < -0.3 is 25.1 Å². The lowest BCUT2D eigenvalue weighted by molar-refractivity contribution is 0.101. The Morgan fingerprint density at radius 2 is 2.13 bits per heavy atom. The molecule has 2 aromatic heterocycles. The number of aromatic amines is 1. The summed E-state index contributed by atoms with van der Waals surface area (Å²) in [7, 11) is 1.77. The van der Waals surface area contributed by atoms with Crippen molar-refractivity contribution in [3.05, 3.63) is 58.4 Å². The Hall–Kier alpha value is -3.69. The number of nitrogens with one attached hydrogen (secondary N) is 1. The molecule has 0 aliphatic rings. The fraction of sp³-hybridized carbons (Fsp3) is 0.300. The molecule has 30 heavy (non-hydrogen) atoms. The van der Waals surface area contributed by atoms with E-state index in [1.54, 1.807) is 37.1 Å². The highest BCUT2D eigenvalue weighted by Gasteiger charge is 2.13. The first-order valence-corrected chi connectivity index (χ1v) is 9.26. The van der Waals surface area contributed by atoms with E-state index >= 15 is 0 Å². The molecular formula is C20H22FN5O4. The predicted molar refractivity (Wildman–Crippen MR) is 109 cm³/mol. The van der Waals surface area contributed by atoms with Crippen molar-refractivity contribution in [2.75, 3.05) is 18.6 Å². The molecule has 0 fully saturated rings. The van der Waals surface area contributed by atoms with Crippen LogP contribution in [-0.4, -0.2) is 40.8 Å². The zero-order chi connectivity index (χ0) is 21.7. The number of hydrogen-bond acceptors (Lipinski definition) is 7. The van der Waals surface area contributed by atoms with Crippen molar-refractivity contribution in [3.8, 4) is 5.75 Å². The Morgan fingerprint density at radius 1 is 1.33 bits per heavy atom. The van der Waals surface area contributed by atoms with E-state index in [1.807, 2.05) is 0 Å². The van der Waals surface area contributed by atoms with Gasteiger partial charge in [0.25, 0.3) is 5.56 Å². The van der Waals surface area contributed by atoms with Gasteiger partial charge in [0.2, 0.25) is 0 Å². The highest BCUT2D eigenvalue weighted by molar-refractivity contribution is 5.74. The van der Waals surface area contributed by atoms with Crippen LogP contribution in [0.5, 0.6) is 5.75 Å². The smallest absolute Gasteiger partial charge is 0.404 e. The molecule has 10 heteroatoms. The molecule has 3 rings (SSSR count). The number of nitrogens with two attached hydrogens (primary N) is 1. The lowest BCUT2D eigenvalue weighted by atomic mass is 10.1. The normalized spacial score (nSPS) is 11.8. The minimum atomic E-state index is -0.844. The van der Waals surface area contributed by atoms with Crippen LogP contribution in [0.4, 0.5) is 15.0 Å². The van der Waals surface area contributed by atoms with Crippen molar-refractivity contribution in [2.45, 2.75) is 26.0 Å². The van der Waals surface area contributed by atoms with Crippen molar-refractivity contribution in [2.24, 2.45) is 5.73 Å². The molecule has 0 saturated heterocycles. The van der Waals surface area contributed by atoms with Crippen LogP contribution < -0.4 is 20.9 Å². The fourth-order valence-corrected chi connectivity index (χ4v) is 2.90. The second-order valence-corrected chi connectivity index (χ2v) is 6.76. The number of ether oxygens (including phenoxy) is 2. The highest BCUT2D eigenvalue weighted by atomic mass is 19.1. The van der Waals surface area contributed by atoms with Crippen molar-refractivity contribution < 1.29 is 18.7 Å². The maximum Gasteiger partial charge on any atom is 0.404 e. The number of anilines is 1. The summed E-state index contributed by atoms with van der Waals surface area (Å²) in [5.41, 5.74) is 5.96. The summed E-state index contributed by atoms with van der Waals surface area (Å²) in [6, 6.07) is 7.66. The molecule has 3 N–H and O–H groups in total. The minimum absolute atomic E-state index is 0.223. The molecule has 1 atom stereocenters. The van der Waals surface area contributed by atoms with Gasteiger partial charge in [-0.05, 0) is 37.3 Å². The molecule has 0 bridgehead atoms. The Balaban J connectivity index is 1.74. The molecule has 1 amide bonds. The summed E-state index contributed by atoms with van der Waals surface area (Å²) >= 11 is 0. The number of carbonyl (C=O) groups excluding carboxylic acids is 1. The lowest BCUT2D eigenvalue weighted by Crippen LogP contribution is -2.22. The van der Waals surface area contributed by atoms with Gasteiger partial charge in [-0.15, -0.1) is 0 Å². The maximum atomic E-state index is 13.8. The molecule has 9 nitrogen and oxygen atoms in total. The van der Waals surface area contributed by atoms with E-state index in [1.165, 1.54) is 18.5 Å². The number of nitrogens with zero attached hydrogens (tertiary/aromatic N) is 3. The first kappa shape index (κ1) is 21.0. The summed E-state index contributed by atoms with van der Waals surface area (Å²) in [5, 5.41) is 0. The number of aromatic nitrogens is 3. The van der Waals surface area contributed by atoms with Gasteiger partial charge in [0.1, 0.15) is 23.5 Å². The third kappa shape index (κ3) is 5.22. The number of carbonyl (C=O) groups is 1. The predicted octanol–water partition coefficient (Wildman–Crippen LogP) is 2.35.